The third-order valence-electron chi connectivity index (χ3n) is 7.39. The SMILES string of the molecule is CC(C)(C)c1ccc(N(C(=O)[C@H]2CCCN2C#N)C(C(=O)N[C@]2(C)C[C@@](C)(O)C2)c2cccnc2)cc1. The van der Waals surface area contributed by atoms with Gasteiger partial charge in [0.1, 0.15) is 12.1 Å². The highest BCUT2D eigenvalue weighted by Gasteiger charge is 2.50. The lowest BCUT2D eigenvalue weighted by molar-refractivity contribution is -0.134. The molecule has 196 valence electrons. The summed E-state index contributed by atoms with van der Waals surface area (Å²) in [7, 11) is 0. The van der Waals surface area contributed by atoms with E-state index in [9.17, 15) is 20.0 Å². The maximum atomic E-state index is 14.2. The molecule has 4 rings (SSSR count). The molecule has 2 aromatic rings. The van der Waals surface area contributed by atoms with Gasteiger partial charge < -0.3 is 10.4 Å². The Bertz CT molecular complexity index is 1170. The van der Waals surface area contributed by atoms with Crippen molar-refractivity contribution < 1.29 is 14.7 Å². The molecular weight excluding hydrogens is 466 g/mol. The maximum Gasteiger partial charge on any atom is 0.251 e. The number of pyridine rings is 1. The maximum absolute atomic E-state index is 14.2. The Kier molecular flexibility index (Phi) is 7.04. The Labute approximate surface area is 219 Å². The van der Waals surface area contributed by atoms with E-state index in [1.165, 1.54) is 9.80 Å². The van der Waals surface area contributed by atoms with Crippen LogP contribution in [0.5, 0.6) is 0 Å². The monoisotopic (exact) mass is 503 g/mol. The van der Waals surface area contributed by atoms with E-state index in [4.69, 9.17) is 0 Å². The summed E-state index contributed by atoms with van der Waals surface area (Å²) in [6.07, 6.45) is 7.50. The molecule has 2 amide bonds. The Morgan fingerprint density at radius 2 is 1.89 bits per heavy atom. The van der Waals surface area contributed by atoms with E-state index < -0.39 is 23.2 Å². The number of benzene rings is 1. The zero-order valence-corrected chi connectivity index (χ0v) is 22.4. The highest BCUT2D eigenvalue weighted by molar-refractivity contribution is 6.04. The van der Waals surface area contributed by atoms with Crippen LogP contribution >= 0.6 is 0 Å². The van der Waals surface area contributed by atoms with Crippen LogP contribution in [0.4, 0.5) is 5.69 Å². The van der Waals surface area contributed by atoms with Gasteiger partial charge in [0.05, 0.1) is 5.60 Å². The number of likely N-dealkylation sites (tertiary alicyclic amines) is 1. The molecule has 0 bridgehead atoms. The van der Waals surface area contributed by atoms with Crippen LogP contribution in [0.15, 0.2) is 48.8 Å². The lowest BCUT2D eigenvalue weighted by Crippen LogP contribution is -2.64. The summed E-state index contributed by atoms with van der Waals surface area (Å²) in [5.41, 5.74) is 0.766. The highest BCUT2D eigenvalue weighted by atomic mass is 16.3. The van der Waals surface area contributed by atoms with Crippen LogP contribution in [-0.4, -0.2) is 50.5 Å². The predicted octanol–water partition coefficient (Wildman–Crippen LogP) is 3.82. The molecular formula is C29H37N5O3. The van der Waals surface area contributed by atoms with Crippen LogP contribution in [-0.2, 0) is 15.0 Å². The highest BCUT2D eigenvalue weighted by Crippen LogP contribution is 2.41. The largest absolute Gasteiger partial charge is 0.390 e. The summed E-state index contributed by atoms with van der Waals surface area (Å²) >= 11 is 0. The summed E-state index contributed by atoms with van der Waals surface area (Å²) in [5.74, 6) is -0.641. The second-order valence-electron chi connectivity index (χ2n) is 12.0. The number of nitriles is 1. The standard InChI is InChI=1S/C29H37N5O3/c1-27(2,3)21-10-12-22(13-11-21)34(26(36)23-9-7-15-33(23)19-30)24(20-8-6-14-31-16-20)25(35)32-28(4)17-29(5,37)18-28/h6,8,10-14,16,23-24,37H,7,9,15,17-18H2,1-5H3,(H,32,35)/t23-,24?,28-,29-/m1/s1. The number of amides is 2. The number of aromatic nitrogens is 1. The van der Waals surface area contributed by atoms with Gasteiger partial charge in [0.2, 0.25) is 5.91 Å². The lowest BCUT2D eigenvalue weighted by atomic mass is 9.67. The Hall–Kier alpha value is -3.44. The number of rotatable bonds is 6. The molecule has 0 radical (unpaired) electrons. The average molecular weight is 504 g/mol. The van der Waals surface area contributed by atoms with Gasteiger partial charge in [0.25, 0.3) is 5.91 Å². The smallest absolute Gasteiger partial charge is 0.251 e. The Balaban J connectivity index is 1.79. The van der Waals surface area contributed by atoms with Crippen molar-refractivity contribution in [2.24, 2.45) is 0 Å². The van der Waals surface area contributed by atoms with E-state index in [1.807, 2.05) is 31.2 Å². The van der Waals surface area contributed by atoms with Crippen molar-refractivity contribution in [2.45, 2.75) is 88.9 Å². The van der Waals surface area contributed by atoms with Gasteiger partial charge in [-0.2, -0.15) is 5.26 Å². The van der Waals surface area contributed by atoms with Gasteiger partial charge in [-0.05, 0) is 68.7 Å². The molecule has 37 heavy (non-hydrogen) atoms. The average Bonchev–Trinajstić information content (AvgIpc) is 3.29. The van der Waals surface area contributed by atoms with Crippen LogP contribution in [0, 0.1) is 11.5 Å². The lowest BCUT2D eigenvalue weighted by Gasteiger charge is -2.50. The third-order valence-corrected chi connectivity index (χ3v) is 7.39. The summed E-state index contributed by atoms with van der Waals surface area (Å²) in [6, 6.07) is 9.60. The zero-order chi connectivity index (χ0) is 27.0. The van der Waals surface area contributed by atoms with Gasteiger partial charge in [-0.15, -0.1) is 0 Å². The van der Waals surface area contributed by atoms with E-state index in [0.717, 1.165) is 12.0 Å². The Morgan fingerprint density at radius 1 is 1.22 bits per heavy atom. The first-order valence-corrected chi connectivity index (χ1v) is 12.9. The van der Waals surface area contributed by atoms with Crippen molar-refractivity contribution in [1.82, 2.24) is 15.2 Å². The predicted molar refractivity (Wildman–Crippen MR) is 141 cm³/mol. The van der Waals surface area contributed by atoms with Gasteiger partial charge in [0, 0.05) is 35.7 Å². The van der Waals surface area contributed by atoms with Crippen molar-refractivity contribution >= 4 is 17.5 Å². The minimum Gasteiger partial charge on any atom is -0.390 e. The number of carbonyl (C=O) groups is 2. The van der Waals surface area contributed by atoms with Gasteiger partial charge >= 0.3 is 0 Å². The van der Waals surface area contributed by atoms with E-state index in [2.05, 4.69) is 37.3 Å². The van der Waals surface area contributed by atoms with Crippen molar-refractivity contribution in [1.29, 1.82) is 5.26 Å². The number of nitrogens with one attached hydrogen (secondary N) is 1. The number of nitrogens with zero attached hydrogens (tertiary/aromatic N) is 4. The van der Waals surface area contributed by atoms with Crippen LogP contribution in [0.2, 0.25) is 0 Å². The normalized spacial score (nSPS) is 26.1. The summed E-state index contributed by atoms with van der Waals surface area (Å²) in [6.45, 7) is 10.5. The fourth-order valence-corrected chi connectivity index (χ4v) is 5.87. The number of carbonyl (C=O) groups excluding carboxylic acids is 2. The van der Waals surface area contributed by atoms with Gasteiger partial charge in [-0.1, -0.05) is 39.0 Å². The van der Waals surface area contributed by atoms with Crippen molar-refractivity contribution in [3.63, 3.8) is 0 Å². The quantitative estimate of drug-likeness (QED) is 0.580. The molecule has 0 spiro atoms. The molecule has 1 unspecified atom stereocenters. The van der Waals surface area contributed by atoms with Gasteiger partial charge in [0.15, 0.2) is 6.19 Å². The third kappa shape index (κ3) is 5.62. The molecule has 2 atom stereocenters. The number of anilines is 1. The molecule has 1 aliphatic carbocycles. The van der Waals surface area contributed by atoms with Crippen LogP contribution < -0.4 is 10.2 Å². The molecule has 8 nitrogen and oxygen atoms in total. The summed E-state index contributed by atoms with van der Waals surface area (Å²) < 4.78 is 0. The van der Waals surface area contributed by atoms with E-state index in [1.54, 1.807) is 31.5 Å². The molecule has 2 heterocycles. The second-order valence-corrected chi connectivity index (χ2v) is 12.0. The number of hydrogen-bond donors (Lipinski definition) is 2. The minimum absolute atomic E-state index is 0.0771. The molecule has 2 fully saturated rings. The molecule has 2 N–H and O–H groups in total. The fraction of sp³-hybridized carbons (Fsp3) is 0.517. The van der Waals surface area contributed by atoms with Crippen molar-refractivity contribution in [3.8, 4) is 6.19 Å². The topological polar surface area (TPSA) is 110 Å². The first kappa shape index (κ1) is 26.6. The molecule has 2 aliphatic rings. The van der Waals surface area contributed by atoms with Crippen molar-refractivity contribution in [2.75, 3.05) is 11.4 Å². The molecule has 1 aliphatic heterocycles. The fourth-order valence-electron chi connectivity index (χ4n) is 5.87. The number of hydrogen-bond acceptors (Lipinski definition) is 6. The van der Waals surface area contributed by atoms with Gasteiger partial charge in [-0.25, -0.2) is 0 Å². The molecule has 8 heteroatoms. The second kappa shape index (κ2) is 9.79. The van der Waals surface area contributed by atoms with Gasteiger partial charge in [-0.3, -0.25) is 24.4 Å². The molecule has 1 saturated heterocycles. The Morgan fingerprint density at radius 3 is 2.43 bits per heavy atom. The molecule has 1 aromatic carbocycles. The van der Waals surface area contributed by atoms with Crippen LogP contribution in [0.25, 0.3) is 0 Å². The molecule has 1 aromatic heterocycles. The van der Waals surface area contributed by atoms with E-state index in [-0.39, 0.29) is 17.2 Å². The van der Waals surface area contributed by atoms with Crippen LogP contribution in [0.1, 0.15) is 77.5 Å². The van der Waals surface area contributed by atoms with Crippen molar-refractivity contribution in [3.05, 3.63) is 59.9 Å². The first-order valence-electron chi connectivity index (χ1n) is 12.9. The minimum atomic E-state index is -0.995. The number of aliphatic hydroxyl groups is 1. The van der Waals surface area contributed by atoms with E-state index in [0.29, 0.717) is 37.1 Å². The van der Waals surface area contributed by atoms with Crippen LogP contribution in [0.3, 0.4) is 0 Å². The first-order chi connectivity index (χ1) is 17.3. The van der Waals surface area contributed by atoms with E-state index >= 15 is 0 Å². The zero-order valence-electron chi connectivity index (χ0n) is 22.4. The molecule has 1 saturated carbocycles. The summed E-state index contributed by atoms with van der Waals surface area (Å²) in [4.78, 5) is 35.4. The summed E-state index contributed by atoms with van der Waals surface area (Å²) in [5, 5.41) is 23.1.